The number of urea groups is 1. The summed E-state index contributed by atoms with van der Waals surface area (Å²) < 4.78 is 11.9. The maximum absolute atomic E-state index is 13.3. The molecule has 0 spiro atoms. The topological polar surface area (TPSA) is 114 Å². The summed E-state index contributed by atoms with van der Waals surface area (Å²) in [6.07, 6.45) is 1.35. The van der Waals surface area contributed by atoms with E-state index in [9.17, 15) is 19.2 Å². The second-order valence-corrected chi connectivity index (χ2v) is 10.1. The Hall–Kier alpha value is -4.15. The molecular formula is C29H25BrClN3O6. The molecule has 0 aliphatic carbocycles. The number of hydrogen-bond acceptors (Lipinski definition) is 6. The van der Waals surface area contributed by atoms with Gasteiger partial charge in [0.15, 0.2) is 18.1 Å². The SMILES string of the molecule is CCOc1cc(/C=C2\C(=O)NC(=O)N(c3cc(Cl)ccc3C)C2=O)cc(Br)c1OCC(=O)Nc1ccccc1C. The van der Waals surface area contributed by atoms with Crippen molar-refractivity contribution < 1.29 is 28.7 Å². The van der Waals surface area contributed by atoms with Gasteiger partial charge in [-0.15, -0.1) is 0 Å². The van der Waals surface area contributed by atoms with E-state index in [1.165, 1.54) is 12.1 Å². The Bertz CT molecular complexity index is 1550. The molecular weight excluding hydrogens is 602 g/mol. The van der Waals surface area contributed by atoms with Crippen molar-refractivity contribution in [3.05, 3.63) is 86.4 Å². The van der Waals surface area contributed by atoms with Crippen LogP contribution in [0.5, 0.6) is 11.5 Å². The monoisotopic (exact) mass is 625 g/mol. The van der Waals surface area contributed by atoms with Crippen LogP contribution in [0.15, 0.2) is 64.6 Å². The number of nitrogens with zero attached hydrogens (tertiary/aromatic N) is 1. The molecule has 1 aliphatic rings. The van der Waals surface area contributed by atoms with Crippen molar-refractivity contribution in [2.75, 3.05) is 23.4 Å². The van der Waals surface area contributed by atoms with Gasteiger partial charge in [-0.1, -0.05) is 35.9 Å². The smallest absolute Gasteiger partial charge is 0.335 e. The van der Waals surface area contributed by atoms with Crippen molar-refractivity contribution >= 4 is 68.7 Å². The van der Waals surface area contributed by atoms with Crippen molar-refractivity contribution in [1.29, 1.82) is 0 Å². The molecule has 0 aromatic heterocycles. The summed E-state index contributed by atoms with van der Waals surface area (Å²) in [5, 5.41) is 5.34. The summed E-state index contributed by atoms with van der Waals surface area (Å²) in [5.41, 5.74) is 2.63. The summed E-state index contributed by atoms with van der Waals surface area (Å²) in [6, 6.07) is 14.5. The molecule has 4 rings (SSSR count). The molecule has 40 heavy (non-hydrogen) atoms. The Morgan fingerprint density at radius 3 is 2.52 bits per heavy atom. The van der Waals surface area contributed by atoms with E-state index < -0.39 is 17.8 Å². The predicted molar refractivity (Wildman–Crippen MR) is 156 cm³/mol. The standard InChI is InChI=1S/C29H25BrClN3O6/c1-4-39-24-13-18(12-21(30)26(24)40-15-25(35)32-22-8-6-5-7-16(22)2)11-20-27(36)33-29(38)34(28(20)37)23-14-19(31)10-9-17(23)3/h5-14H,4,15H2,1-3H3,(H,32,35)(H,33,36,38)/b20-11+. The number of anilines is 2. The lowest BCUT2D eigenvalue weighted by atomic mass is 10.1. The molecule has 0 atom stereocenters. The lowest BCUT2D eigenvalue weighted by Crippen LogP contribution is -2.54. The molecule has 11 heteroatoms. The number of hydrogen-bond donors (Lipinski definition) is 2. The number of imide groups is 2. The second kappa shape index (κ2) is 12.4. The van der Waals surface area contributed by atoms with Crippen molar-refractivity contribution in [3.8, 4) is 11.5 Å². The van der Waals surface area contributed by atoms with Gasteiger partial charge in [0.2, 0.25) is 0 Å². The van der Waals surface area contributed by atoms with Crippen LogP contribution in [0, 0.1) is 13.8 Å². The highest BCUT2D eigenvalue weighted by molar-refractivity contribution is 9.10. The fourth-order valence-corrected chi connectivity index (χ4v) is 4.72. The normalized spacial score (nSPS) is 14.3. The third-order valence-electron chi connectivity index (χ3n) is 5.92. The first-order chi connectivity index (χ1) is 19.1. The van der Waals surface area contributed by atoms with Gasteiger partial charge in [-0.25, -0.2) is 9.69 Å². The van der Waals surface area contributed by atoms with Crippen LogP contribution in [0.25, 0.3) is 6.08 Å². The van der Waals surface area contributed by atoms with Crippen LogP contribution < -0.4 is 25.0 Å². The van der Waals surface area contributed by atoms with Gasteiger partial charge in [-0.05, 0) is 89.8 Å². The van der Waals surface area contributed by atoms with Crippen molar-refractivity contribution in [3.63, 3.8) is 0 Å². The lowest BCUT2D eigenvalue weighted by Gasteiger charge is -2.27. The number of para-hydroxylation sites is 1. The molecule has 1 fully saturated rings. The summed E-state index contributed by atoms with van der Waals surface area (Å²) in [4.78, 5) is 52.0. The van der Waals surface area contributed by atoms with E-state index in [0.29, 0.717) is 26.3 Å². The molecule has 206 valence electrons. The summed E-state index contributed by atoms with van der Waals surface area (Å²) in [6.45, 7) is 5.38. The number of carbonyl (C=O) groups excluding carboxylic acids is 4. The highest BCUT2D eigenvalue weighted by atomic mass is 79.9. The van der Waals surface area contributed by atoms with Crippen LogP contribution in [-0.4, -0.2) is 37.0 Å². The lowest BCUT2D eigenvalue weighted by molar-refractivity contribution is -0.122. The summed E-state index contributed by atoms with van der Waals surface area (Å²) >= 11 is 9.53. The minimum atomic E-state index is -0.874. The van der Waals surface area contributed by atoms with E-state index in [0.717, 1.165) is 10.5 Å². The minimum Gasteiger partial charge on any atom is -0.490 e. The number of rotatable bonds is 8. The fraction of sp³-hybridized carbons (Fsp3) is 0.172. The van der Waals surface area contributed by atoms with Gasteiger partial charge in [-0.2, -0.15) is 0 Å². The molecule has 0 saturated carbocycles. The molecule has 1 heterocycles. The first-order valence-corrected chi connectivity index (χ1v) is 13.4. The number of carbonyl (C=O) groups is 4. The molecule has 1 aliphatic heterocycles. The zero-order valence-electron chi connectivity index (χ0n) is 21.8. The fourth-order valence-electron chi connectivity index (χ4n) is 3.98. The molecule has 3 aromatic carbocycles. The zero-order chi connectivity index (χ0) is 29.0. The van der Waals surface area contributed by atoms with E-state index in [-0.39, 0.29) is 41.9 Å². The van der Waals surface area contributed by atoms with Crippen molar-refractivity contribution in [2.45, 2.75) is 20.8 Å². The average Bonchev–Trinajstić information content (AvgIpc) is 2.89. The number of ether oxygens (including phenoxy) is 2. The van der Waals surface area contributed by atoms with Gasteiger partial charge >= 0.3 is 6.03 Å². The number of nitrogens with one attached hydrogen (secondary N) is 2. The van der Waals surface area contributed by atoms with Crippen LogP contribution in [0.4, 0.5) is 16.2 Å². The van der Waals surface area contributed by atoms with E-state index in [1.807, 2.05) is 25.1 Å². The van der Waals surface area contributed by atoms with Gasteiger partial charge in [0.25, 0.3) is 17.7 Å². The molecule has 9 nitrogen and oxygen atoms in total. The highest BCUT2D eigenvalue weighted by Gasteiger charge is 2.37. The number of benzene rings is 3. The number of halogens is 2. The third kappa shape index (κ3) is 6.35. The Balaban J connectivity index is 1.61. The largest absolute Gasteiger partial charge is 0.490 e. The van der Waals surface area contributed by atoms with E-state index in [2.05, 4.69) is 26.6 Å². The molecule has 2 N–H and O–H groups in total. The van der Waals surface area contributed by atoms with Crippen LogP contribution in [0.2, 0.25) is 5.02 Å². The Kier molecular flexibility index (Phi) is 8.91. The van der Waals surface area contributed by atoms with E-state index in [4.69, 9.17) is 21.1 Å². The molecule has 1 saturated heterocycles. The molecule has 3 aromatic rings. The van der Waals surface area contributed by atoms with Gasteiger partial charge in [0.1, 0.15) is 5.57 Å². The first kappa shape index (κ1) is 28.8. The minimum absolute atomic E-state index is 0.261. The quantitative estimate of drug-likeness (QED) is 0.241. The van der Waals surface area contributed by atoms with E-state index >= 15 is 0 Å². The van der Waals surface area contributed by atoms with Gasteiger partial charge in [0.05, 0.1) is 16.8 Å². The van der Waals surface area contributed by atoms with Crippen LogP contribution >= 0.6 is 27.5 Å². The first-order valence-electron chi connectivity index (χ1n) is 12.2. The Labute approximate surface area is 244 Å². The second-order valence-electron chi connectivity index (χ2n) is 8.80. The Morgan fingerprint density at radius 2 is 1.80 bits per heavy atom. The molecule has 5 amide bonds. The molecule has 0 radical (unpaired) electrons. The maximum atomic E-state index is 13.3. The van der Waals surface area contributed by atoms with Gasteiger partial charge in [-0.3, -0.25) is 19.7 Å². The van der Waals surface area contributed by atoms with Gasteiger partial charge < -0.3 is 14.8 Å². The summed E-state index contributed by atoms with van der Waals surface area (Å²) in [7, 11) is 0. The number of amides is 5. The van der Waals surface area contributed by atoms with Crippen molar-refractivity contribution in [1.82, 2.24) is 5.32 Å². The number of aryl methyl sites for hydroxylation is 2. The van der Waals surface area contributed by atoms with Gasteiger partial charge in [0, 0.05) is 10.7 Å². The van der Waals surface area contributed by atoms with E-state index in [1.54, 1.807) is 44.2 Å². The summed E-state index contributed by atoms with van der Waals surface area (Å²) in [5.74, 6) is -1.44. The predicted octanol–water partition coefficient (Wildman–Crippen LogP) is 5.80. The number of barbiturate groups is 1. The highest BCUT2D eigenvalue weighted by Crippen LogP contribution is 2.38. The van der Waals surface area contributed by atoms with Crippen LogP contribution in [0.3, 0.4) is 0 Å². The molecule has 0 unspecified atom stereocenters. The maximum Gasteiger partial charge on any atom is 0.335 e. The molecule has 0 bridgehead atoms. The van der Waals surface area contributed by atoms with Crippen LogP contribution in [-0.2, 0) is 14.4 Å². The third-order valence-corrected chi connectivity index (χ3v) is 6.75. The average molecular weight is 627 g/mol. The Morgan fingerprint density at radius 1 is 1.05 bits per heavy atom. The van der Waals surface area contributed by atoms with Crippen LogP contribution in [0.1, 0.15) is 23.6 Å². The zero-order valence-corrected chi connectivity index (χ0v) is 24.2. The van der Waals surface area contributed by atoms with Crippen molar-refractivity contribution in [2.24, 2.45) is 0 Å².